The number of aromatic nitrogens is 2. The van der Waals surface area contributed by atoms with Crippen LogP contribution in [-0.2, 0) is 11.3 Å². The summed E-state index contributed by atoms with van der Waals surface area (Å²) in [5, 5.41) is 11.3. The van der Waals surface area contributed by atoms with Crippen LogP contribution in [0.5, 0.6) is 11.5 Å². The Labute approximate surface area is 199 Å². The van der Waals surface area contributed by atoms with Gasteiger partial charge in [-0.3, -0.25) is 24.8 Å². The Bertz CT molecular complexity index is 1310. The summed E-state index contributed by atoms with van der Waals surface area (Å²) < 4.78 is 11.7. The lowest BCUT2D eigenvalue weighted by Crippen LogP contribution is -2.28. The van der Waals surface area contributed by atoms with Crippen molar-refractivity contribution in [2.24, 2.45) is 0 Å². The number of amides is 1. The van der Waals surface area contributed by atoms with Crippen molar-refractivity contribution in [2.75, 3.05) is 19.1 Å². The maximum atomic E-state index is 13.3. The predicted octanol–water partition coefficient (Wildman–Crippen LogP) is 4.86. The van der Waals surface area contributed by atoms with Crippen LogP contribution < -0.4 is 14.4 Å². The van der Waals surface area contributed by atoms with Crippen LogP contribution >= 0.6 is 11.3 Å². The molecule has 0 fully saturated rings. The second kappa shape index (κ2) is 10.1. The number of methoxy groups -OCH3 is 2. The van der Waals surface area contributed by atoms with E-state index in [-0.39, 0.29) is 18.1 Å². The van der Waals surface area contributed by atoms with Gasteiger partial charge >= 0.3 is 0 Å². The number of non-ortho nitro benzene ring substituents is 1. The van der Waals surface area contributed by atoms with Crippen LogP contribution in [0, 0.1) is 10.1 Å². The molecule has 10 heteroatoms. The highest BCUT2D eigenvalue weighted by Crippen LogP contribution is 2.40. The van der Waals surface area contributed by atoms with E-state index in [1.54, 1.807) is 67.9 Å². The van der Waals surface area contributed by atoms with Crippen LogP contribution in [0.15, 0.2) is 67.0 Å². The Kier molecular flexibility index (Phi) is 6.79. The van der Waals surface area contributed by atoms with E-state index in [1.165, 1.54) is 29.5 Å². The largest absolute Gasteiger partial charge is 0.495 e. The van der Waals surface area contributed by atoms with Gasteiger partial charge in [0.2, 0.25) is 0 Å². The fourth-order valence-electron chi connectivity index (χ4n) is 3.27. The average molecular weight is 477 g/mol. The summed E-state index contributed by atoms with van der Waals surface area (Å²) in [6, 6.07) is 13.2. The smallest absolute Gasteiger partial charge is 0.269 e. The first-order chi connectivity index (χ1) is 16.5. The van der Waals surface area contributed by atoms with E-state index in [4.69, 9.17) is 9.47 Å². The highest BCUT2D eigenvalue weighted by Gasteiger charge is 2.22. The van der Waals surface area contributed by atoms with Gasteiger partial charge in [-0.1, -0.05) is 17.4 Å². The molecule has 4 aromatic rings. The first kappa shape index (κ1) is 22.9. The zero-order valence-electron chi connectivity index (χ0n) is 18.4. The first-order valence-electron chi connectivity index (χ1n) is 10.1. The summed E-state index contributed by atoms with van der Waals surface area (Å²) in [7, 11) is 3.14. The molecule has 2 aromatic carbocycles. The number of nitrogens with zero attached hydrogens (tertiary/aromatic N) is 4. The van der Waals surface area contributed by atoms with Gasteiger partial charge in [0.1, 0.15) is 21.7 Å². The van der Waals surface area contributed by atoms with Crippen LogP contribution in [0.1, 0.15) is 11.1 Å². The van der Waals surface area contributed by atoms with Gasteiger partial charge in [-0.25, -0.2) is 4.98 Å². The number of ether oxygens (including phenoxy) is 2. The van der Waals surface area contributed by atoms with Crippen LogP contribution in [0.4, 0.5) is 10.8 Å². The second-order valence-electron chi connectivity index (χ2n) is 7.11. The molecule has 0 radical (unpaired) electrons. The first-order valence-corrected chi connectivity index (χ1v) is 11.0. The van der Waals surface area contributed by atoms with Crippen LogP contribution in [0.25, 0.3) is 16.3 Å². The molecule has 2 aromatic heterocycles. The molecule has 4 rings (SSSR count). The van der Waals surface area contributed by atoms with E-state index < -0.39 is 4.92 Å². The van der Waals surface area contributed by atoms with Crippen LogP contribution in [0.2, 0.25) is 0 Å². The topological polar surface area (TPSA) is 108 Å². The SMILES string of the molecule is COc1ccc(OC)c2sc(N(Cc3cccnc3)C(=O)/C=C\c3ccc([N+](=O)[O-])cc3)nc12. The Morgan fingerprint density at radius 1 is 1.12 bits per heavy atom. The zero-order chi connectivity index (χ0) is 24.1. The third-order valence-electron chi connectivity index (χ3n) is 4.98. The highest BCUT2D eigenvalue weighted by molar-refractivity contribution is 7.22. The molecule has 0 aliphatic rings. The van der Waals surface area contributed by atoms with Gasteiger partial charge in [-0.15, -0.1) is 0 Å². The third-order valence-corrected chi connectivity index (χ3v) is 6.07. The fraction of sp³-hybridized carbons (Fsp3) is 0.125. The molecule has 0 bridgehead atoms. The molecule has 34 heavy (non-hydrogen) atoms. The van der Waals surface area contributed by atoms with Crippen molar-refractivity contribution in [2.45, 2.75) is 6.54 Å². The van der Waals surface area contributed by atoms with E-state index >= 15 is 0 Å². The Hall–Kier alpha value is -4.31. The molecule has 2 heterocycles. The number of thiazole rings is 1. The molecule has 9 nitrogen and oxygen atoms in total. The number of carbonyl (C=O) groups excluding carboxylic acids is 1. The van der Waals surface area contributed by atoms with E-state index in [0.717, 1.165) is 10.3 Å². The fourth-order valence-corrected chi connectivity index (χ4v) is 4.35. The number of anilines is 1. The molecule has 172 valence electrons. The molecule has 0 spiro atoms. The van der Waals surface area contributed by atoms with E-state index in [9.17, 15) is 14.9 Å². The second-order valence-corrected chi connectivity index (χ2v) is 8.09. The van der Waals surface area contributed by atoms with E-state index in [2.05, 4.69) is 9.97 Å². The summed E-state index contributed by atoms with van der Waals surface area (Å²) >= 11 is 1.32. The van der Waals surface area contributed by atoms with Gasteiger partial charge in [-0.05, 0) is 47.5 Å². The minimum absolute atomic E-state index is 0.0148. The summed E-state index contributed by atoms with van der Waals surface area (Å²) in [6.45, 7) is 0.252. The number of hydrogen-bond acceptors (Lipinski definition) is 8. The average Bonchev–Trinajstić information content (AvgIpc) is 3.31. The molecule has 0 aliphatic heterocycles. The van der Waals surface area contributed by atoms with Crippen molar-refractivity contribution >= 4 is 44.4 Å². The number of nitro groups is 1. The van der Waals surface area contributed by atoms with Gasteiger partial charge in [-0.2, -0.15) is 0 Å². The van der Waals surface area contributed by atoms with Gasteiger partial charge in [0.25, 0.3) is 11.6 Å². The standard InChI is InChI=1S/C24H20N4O5S/c1-32-19-10-11-20(33-2)23-22(19)26-24(34-23)27(15-17-4-3-13-25-14-17)21(29)12-7-16-5-8-18(9-6-16)28(30)31/h3-14H,15H2,1-2H3/b12-7-. The number of hydrogen-bond donors (Lipinski definition) is 0. The van der Waals surface area contributed by atoms with Crippen molar-refractivity contribution < 1.29 is 19.2 Å². The summed E-state index contributed by atoms with van der Waals surface area (Å²) in [5.74, 6) is 0.905. The third kappa shape index (κ3) is 4.86. The van der Waals surface area contributed by atoms with Gasteiger partial charge < -0.3 is 9.47 Å². The Morgan fingerprint density at radius 3 is 2.50 bits per heavy atom. The molecular weight excluding hydrogens is 456 g/mol. The zero-order valence-corrected chi connectivity index (χ0v) is 19.2. The number of benzene rings is 2. The van der Waals surface area contributed by atoms with E-state index in [1.807, 2.05) is 6.07 Å². The maximum Gasteiger partial charge on any atom is 0.269 e. The summed E-state index contributed by atoms with van der Waals surface area (Å²) in [6.07, 6.45) is 6.38. The number of rotatable bonds is 8. The Morgan fingerprint density at radius 2 is 1.85 bits per heavy atom. The number of fused-ring (bicyclic) bond motifs is 1. The number of pyridine rings is 1. The summed E-state index contributed by atoms with van der Waals surface area (Å²) in [5.41, 5.74) is 2.08. The normalized spacial score (nSPS) is 11.0. The molecular formula is C24H20N4O5S. The van der Waals surface area contributed by atoms with Crippen molar-refractivity contribution in [1.29, 1.82) is 0 Å². The van der Waals surface area contributed by atoms with Crippen molar-refractivity contribution in [1.82, 2.24) is 9.97 Å². The molecule has 0 atom stereocenters. The van der Waals surface area contributed by atoms with Crippen molar-refractivity contribution in [3.63, 3.8) is 0 Å². The van der Waals surface area contributed by atoms with Crippen molar-refractivity contribution in [3.8, 4) is 11.5 Å². The van der Waals surface area contributed by atoms with E-state index in [0.29, 0.717) is 27.7 Å². The summed E-state index contributed by atoms with van der Waals surface area (Å²) in [4.78, 5) is 34.1. The highest BCUT2D eigenvalue weighted by atomic mass is 32.1. The quantitative estimate of drug-likeness (QED) is 0.203. The van der Waals surface area contributed by atoms with Crippen molar-refractivity contribution in [3.05, 3.63) is 88.2 Å². The molecule has 0 saturated carbocycles. The minimum Gasteiger partial charge on any atom is -0.495 e. The Balaban J connectivity index is 1.70. The molecule has 0 N–H and O–H groups in total. The minimum atomic E-state index is -0.468. The molecule has 0 aliphatic carbocycles. The van der Waals surface area contributed by atoms with Gasteiger partial charge in [0.15, 0.2) is 5.13 Å². The molecule has 1 amide bonds. The monoisotopic (exact) mass is 476 g/mol. The lowest BCUT2D eigenvalue weighted by atomic mass is 10.2. The van der Waals surface area contributed by atoms with Gasteiger partial charge in [0, 0.05) is 30.6 Å². The lowest BCUT2D eigenvalue weighted by molar-refractivity contribution is -0.384. The number of carbonyl (C=O) groups is 1. The predicted molar refractivity (Wildman–Crippen MR) is 130 cm³/mol. The van der Waals surface area contributed by atoms with Crippen LogP contribution in [-0.4, -0.2) is 35.0 Å². The molecule has 0 unspecified atom stereocenters. The number of nitro benzene ring substituents is 1. The lowest BCUT2D eigenvalue weighted by Gasteiger charge is -2.18. The maximum absolute atomic E-state index is 13.3. The van der Waals surface area contributed by atoms with Crippen LogP contribution in [0.3, 0.4) is 0 Å². The molecule has 0 saturated heterocycles. The van der Waals surface area contributed by atoms with Gasteiger partial charge in [0.05, 0.1) is 25.7 Å².